The molecule has 0 N–H and O–H groups in total. The second-order valence-electron chi connectivity index (χ2n) is 17.9. The third-order valence-corrected chi connectivity index (χ3v) is 19.9. The van der Waals surface area contributed by atoms with Crippen LogP contribution in [0.3, 0.4) is 0 Å². The van der Waals surface area contributed by atoms with Crippen LogP contribution >= 0.6 is 15.8 Å². The monoisotopic (exact) mass is 944 g/mol. The number of carbonyl (C=O) groups excluding carboxylic acids is 1. The van der Waals surface area contributed by atoms with Gasteiger partial charge in [-0.15, -0.1) is 0 Å². The molecule has 0 fully saturated rings. The van der Waals surface area contributed by atoms with Gasteiger partial charge in [0.2, 0.25) is 0 Å². The van der Waals surface area contributed by atoms with Crippen LogP contribution in [0.1, 0.15) is 71.2 Å². The van der Waals surface area contributed by atoms with Crippen LogP contribution in [-0.4, -0.2) is 42.8 Å². The SMILES string of the molecule is CCC1=CC=C(P(c2cc(C)c(OC)c(C)c2)c2cc(C)c(OC)c(C)c2)C1C=O.CCC1=CC=C(P(c2cc(C)c(OC)c(C)c2)c2cc(C)c(OC)c(C)c2)C1[Si](C)(C)C.[Fe+2]. The van der Waals surface area contributed by atoms with Gasteiger partial charge in [-0.2, -0.15) is 0 Å². The van der Waals surface area contributed by atoms with E-state index >= 15 is 0 Å². The van der Waals surface area contributed by atoms with E-state index in [1.807, 2.05) is 0 Å². The van der Waals surface area contributed by atoms with Gasteiger partial charge in [-0.05, 0) is 209 Å². The molecular formula is C54H70FeO5P2Si+2. The van der Waals surface area contributed by atoms with Crippen molar-refractivity contribution in [1.82, 2.24) is 0 Å². The number of aryl methyl sites for hydroxylation is 8. The Bertz CT molecular complexity index is 2250. The van der Waals surface area contributed by atoms with Crippen molar-refractivity contribution in [3.63, 3.8) is 0 Å². The van der Waals surface area contributed by atoms with Crippen molar-refractivity contribution in [2.24, 2.45) is 5.92 Å². The fraction of sp³-hybridized carbons (Fsp3) is 0.389. The van der Waals surface area contributed by atoms with Gasteiger partial charge in [0.1, 0.15) is 29.3 Å². The van der Waals surface area contributed by atoms with Gasteiger partial charge in [-0.1, -0.05) is 68.9 Å². The molecule has 0 saturated heterocycles. The summed E-state index contributed by atoms with van der Waals surface area (Å²) in [6.45, 7) is 29.0. The minimum absolute atomic E-state index is 0. The molecular weight excluding hydrogens is 874 g/mol. The number of hydrogen-bond donors (Lipinski definition) is 0. The van der Waals surface area contributed by atoms with Gasteiger partial charge in [0.05, 0.1) is 42.4 Å². The molecule has 0 amide bonds. The van der Waals surface area contributed by atoms with Crippen LogP contribution in [0.25, 0.3) is 0 Å². The van der Waals surface area contributed by atoms with Crippen LogP contribution in [0.5, 0.6) is 23.0 Å². The first-order chi connectivity index (χ1) is 29.4. The Kier molecular flexibility index (Phi) is 18.1. The summed E-state index contributed by atoms with van der Waals surface area (Å²) in [7, 11) is 3.99. The molecule has 0 bridgehead atoms. The Morgan fingerprint density at radius 3 is 1.00 bits per heavy atom. The molecule has 4 aromatic rings. The van der Waals surface area contributed by atoms with Gasteiger partial charge in [-0.25, -0.2) is 0 Å². The molecule has 5 nitrogen and oxygen atoms in total. The fourth-order valence-electron chi connectivity index (χ4n) is 9.81. The molecule has 9 heteroatoms. The second kappa shape index (κ2) is 22.0. The third kappa shape index (κ3) is 10.9. The van der Waals surface area contributed by atoms with Crippen LogP contribution in [0.4, 0.5) is 0 Å². The Labute approximate surface area is 393 Å². The summed E-state index contributed by atoms with van der Waals surface area (Å²) in [5.74, 6) is 3.71. The van der Waals surface area contributed by atoms with Crippen molar-refractivity contribution in [2.75, 3.05) is 28.4 Å². The Morgan fingerprint density at radius 2 is 0.746 bits per heavy atom. The minimum Gasteiger partial charge on any atom is -0.496 e. The molecule has 0 heterocycles. The Morgan fingerprint density at radius 1 is 0.476 bits per heavy atom. The van der Waals surface area contributed by atoms with E-state index in [-0.39, 0.29) is 23.0 Å². The summed E-state index contributed by atoms with van der Waals surface area (Å²) in [6, 6.07) is 18.3. The van der Waals surface area contributed by atoms with Crippen molar-refractivity contribution in [3.05, 3.63) is 139 Å². The molecule has 6 rings (SSSR count). The minimum atomic E-state index is -1.46. The van der Waals surface area contributed by atoms with E-state index < -0.39 is 23.9 Å². The number of allylic oxidation sites excluding steroid dienone is 8. The Balaban J connectivity index is 0.000000273. The van der Waals surface area contributed by atoms with Gasteiger partial charge in [0.15, 0.2) is 0 Å². The van der Waals surface area contributed by atoms with Crippen LogP contribution < -0.4 is 40.2 Å². The zero-order valence-corrected chi connectivity index (χ0v) is 44.8. The predicted molar refractivity (Wildman–Crippen MR) is 272 cm³/mol. The fourth-order valence-corrected chi connectivity index (χ4v) is 19.5. The van der Waals surface area contributed by atoms with Crippen LogP contribution in [0, 0.1) is 61.3 Å². The smallest absolute Gasteiger partial charge is 0.496 e. The summed E-state index contributed by atoms with van der Waals surface area (Å²) in [5.41, 5.74) is 12.7. The van der Waals surface area contributed by atoms with E-state index in [2.05, 4.69) is 162 Å². The second-order valence-corrected chi connectivity index (χ2v) is 27.7. The summed E-state index contributed by atoms with van der Waals surface area (Å²) in [4.78, 5) is 12.1. The van der Waals surface area contributed by atoms with Gasteiger partial charge in [0.25, 0.3) is 0 Å². The summed E-state index contributed by atoms with van der Waals surface area (Å²) >= 11 is 0. The number of aldehydes is 1. The summed E-state index contributed by atoms with van der Waals surface area (Å²) in [5, 5.41) is 8.14. The Hall–Kier alpha value is -3.69. The van der Waals surface area contributed by atoms with Crippen LogP contribution in [0.2, 0.25) is 25.2 Å². The van der Waals surface area contributed by atoms with Gasteiger partial charge in [-0.3, -0.25) is 0 Å². The molecule has 0 aliphatic heterocycles. The van der Waals surface area contributed by atoms with Gasteiger partial charge >= 0.3 is 17.1 Å². The van der Waals surface area contributed by atoms with E-state index in [4.69, 9.17) is 18.9 Å². The van der Waals surface area contributed by atoms with E-state index in [0.29, 0.717) is 5.54 Å². The standard InChI is InChI=1S/C28H39O2PSi.C26H31O3P.Fe/c1-11-22-12-13-25(28(22)32(8,9)10)31(23-14-18(2)26(29-6)19(3)15-23)24-16-20(4)27(30-7)21(5)17-24;1-8-20-9-10-24(23(20)15-27)30(21-11-16(2)25(28-6)17(3)12-21)22-13-18(4)26(29-7)19(5)14-22;/h12-17,28H,11H2,1-10H3;9-15,23H,8H2,1-7H3;/q;;+2. The molecule has 63 heavy (non-hydrogen) atoms. The maximum absolute atomic E-state index is 12.1. The third-order valence-electron chi connectivity index (χ3n) is 12.3. The van der Waals surface area contributed by atoms with E-state index in [0.717, 1.165) is 64.4 Å². The molecule has 2 aliphatic rings. The number of methoxy groups -OCH3 is 4. The average Bonchev–Trinajstić information content (AvgIpc) is 3.82. The number of carbonyl (C=O) groups is 1. The van der Waals surface area contributed by atoms with Crippen molar-refractivity contribution in [2.45, 2.75) is 107 Å². The van der Waals surface area contributed by atoms with E-state index in [9.17, 15) is 4.79 Å². The molecule has 0 aromatic heterocycles. The maximum Gasteiger partial charge on any atom is 2.00 e. The first-order valence-electron chi connectivity index (χ1n) is 21.9. The summed E-state index contributed by atoms with van der Waals surface area (Å²) in [6.07, 6.45) is 12.3. The first kappa shape index (κ1) is 51.9. The quantitative estimate of drug-likeness (QED) is 0.0716. The van der Waals surface area contributed by atoms with Crippen molar-refractivity contribution in [1.29, 1.82) is 0 Å². The number of rotatable bonds is 14. The largest absolute Gasteiger partial charge is 2.00 e. The molecule has 4 aromatic carbocycles. The normalized spacial score (nSPS) is 15.8. The van der Waals surface area contributed by atoms with Gasteiger partial charge < -0.3 is 23.7 Å². The first-order valence-corrected chi connectivity index (χ1v) is 28.1. The van der Waals surface area contributed by atoms with Crippen molar-refractivity contribution < 1.29 is 40.8 Å². The molecule has 2 unspecified atom stereocenters. The average molecular weight is 945 g/mol. The zero-order chi connectivity index (χ0) is 45.8. The summed E-state index contributed by atoms with van der Waals surface area (Å²) < 4.78 is 22.6. The predicted octanol–water partition coefficient (Wildman–Crippen LogP) is 12.7. The van der Waals surface area contributed by atoms with Crippen LogP contribution in [-0.2, 0) is 21.9 Å². The zero-order valence-electron chi connectivity index (χ0n) is 40.9. The van der Waals surface area contributed by atoms with E-state index in [1.165, 1.54) is 54.4 Å². The molecule has 0 saturated carbocycles. The molecule has 0 spiro atoms. The number of benzene rings is 4. The molecule has 2 aliphatic carbocycles. The van der Waals surface area contributed by atoms with Gasteiger partial charge in [0, 0.05) is 5.54 Å². The van der Waals surface area contributed by atoms with E-state index in [1.54, 1.807) is 39.3 Å². The number of hydrogen-bond acceptors (Lipinski definition) is 5. The van der Waals surface area contributed by atoms with Crippen molar-refractivity contribution >= 4 is 51.4 Å². The maximum atomic E-state index is 12.1. The van der Waals surface area contributed by atoms with Crippen LogP contribution in [0.15, 0.2) is 94.6 Å². The van der Waals surface area contributed by atoms with Crippen molar-refractivity contribution in [3.8, 4) is 23.0 Å². The topological polar surface area (TPSA) is 54.0 Å². The number of ether oxygens (including phenoxy) is 4. The molecule has 2 atom stereocenters. The molecule has 336 valence electrons. The molecule has 0 radical (unpaired) electrons.